The van der Waals surface area contributed by atoms with Crippen LogP contribution in [0.3, 0.4) is 0 Å². The summed E-state index contributed by atoms with van der Waals surface area (Å²) in [5.74, 6) is 1.32. The summed E-state index contributed by atoms with van der Waals surface area (Å²) in [7, 11) is 0. The molecule has 3 N–H and O–H groups in total. The SMILES string of the molecule is I.NC(=NC1C2CCOC2C12CCC2)NC1CC1. The third kappa shape index (κ3) is 1.77. The average Bonchev–Trinajstić information content (AvgIpc) is 2.92. The smallest absolute Gasteiger partial charge is 0.189 e. The molecule has 1 spiro atoms. The van der Waals surface area contributed by atoms with E-state index in [1.165, 1.54) is 38.5 Å². The number of aliphatic imine (C=N–C) groups is 1. The third-order valence-electron chi connectivity index (χ3n) is 5.19. The Morgan fingerprint density at radius 3 is 2.67 bits per heavy atom. The van der Waals surface area contributed by atoms with Gasteiger partial charge in [-0.1, -0.05) is 6.42 Å². The van der Waals surface area contributed by atoms with E-state index in [1.54, 1.807) is 0 Å². The molecule has 102 valence electrons. The van der Waals surface area contributed by atoms with Crippen LogP contribution in [0.2, 0.25) is 0 Å². The van der Waals surface area contributed by atoms with Crippen molar-refractivity contribution in [3.05, 3.63) is 0 Å². The predicted molar refractivity (Wildman–Crippen MR) is 81.1 cm³/mol. The minimum atomic E-state index is 0. The van der Waals surface area contributed by atoms with Gasteiger partial charge in [0.25, 0.3) is 0 Å². The Morgan fingerprint density at radius 1 is 1.28 bits per heavy atom. The highest BCUT2D eigenvalue weighted by Gasteiger charge is 2.66. The van der Waals surface area contributed by atoms with Crippen molar-refractivity contribution >= 4 is 29.9 Å². The van der Waals surface area contributed by atoms with Crippen molar-refractivity contribution in [1.29, 1.82) is 0 Å². The van der Waals surface area contributed by atoms with Crippen LogP contribution in [0.5, 0.6) is 0 Å². The van der Waals surface area contributed by atoms with E-state index >= 15 is 0 Å². The van der Waals surface area contributed by atoms with Crippen molar-refractivity contribution in [3.63, 3.8) is 0 Å². The van der Waals surface area contributed by atoms with Crippen LogP contribution in [0.1, 0.15) is 38.5 Å². The van der Waals surface area contributed by atoms with Crippen molar-refractivity contribution in [2.45, 2.75) is 56.7 Å². The van der Waals surface area contributed by atoms with E-state index in [1.807, 2.05) is 0 Å². The molecular formula is C13H22IN3O. The monoisotopic (exact) mass is 363 g/mol. The van der Waals surface area contributed by atoms with E-state index in [0.717, 1.165) is 6.61 Å². The minimum absolute atomic E-state index is 0. The average molecular weight is 363 g/mol. The maximum atomic E-state index is 6.01. The molecule has 4 aliphatic rings. The predicted octanol–water partition coefficient (Wildman–Crippen LogP) is 1.63. The van der Waals surface area contributed by atoms with Gasteiger partial charge < -0.3 is 15.8 Å². The zero-order valence-electron chi connectivity index (χ0n) is 10.6. The number of rotatable bonds is 2. The molecule has 0 bridgehead atoms. The largest absolute Gasteiger partial charge is 0.377 e. The molecule has 3 saturated carbocycles. The van der Waals surface area contributed by atoms with Crippen LogP contribution in [-0.2, 0) is 4.74 Å². The van der Waals surface area contributed by atoms with E-state index in [4.69, 9.17) is 15.5 Å². The number of nitrogens with one attached hydrogen (secondary N) is 1. The summed E-state index contributed by atoms with van der Waals surface area (Å²) < 4.78 is 5.88. The van der Waals surface area contributed by atoms with Crippen molar-refractivity contribution in [2.75, 3.05) is 6.61 Å². The number of nitrogens with two attached hydrogens (primary N) is 1. The second-order valence-corrected chi connectivity index (χ2v) is 6.21. The zero-order valence-corrected chi connectivity index (χ0v) is 12.9. The first-order valence-electron chi connectivity index (χ1n) is 7.01. The zero-order chi connectivity index (χ0) is 11.5. The molecule has 3 aliphatic carbocycles. The molecule has 0 amide bonds. The Labute approximate surface area is 125 Å². The molecule has 1 heterocycles. The maximum absolute atomic E-state index is 6.01. The molecule has 0 aromatic carbocycles. The van der Waals surface area contributed by atoms with E-state index in [-0.39, 0.29) is 24.0 Å². The van der Waals surface area contributed by atoms with Crippen molar-refractivity contribution in [1.82, 2.24) is 5.32 Å². The number of halogens is 1. The highest BCUT2D eigenvalue weighted by atomic mass is 127. The second kappa shape index (κ2) is 4.51. The number of hydrogen-bond donors (Lipinski definition) is 2. The first-order chi connectivity index (χ1) is 8.29. The molecule has 18 heavy (non-hydrogen) atoms. The Bertz CT molecular complexity index is 365. The fourth-order valence-electron chi connectivity index (χ4n) is 4.01. The van der Waals surface area contributed by atoms with E-state index in [2.05, 4.69) is 5.32 Å². The molecule has 4 fully saturated rings. The van der Waals surface area contributed by atoms with Gasteiger partial charge in [-0.25, -0.2) is 4.99 Å². The maximum Gasteiger partial charge on any atom is 0.189 e. The van der Waals surface area contributed by atoms with E-state index < -0.39 is 0 Å². The second-order valence-electron chi connectivity index (χ2n) is 6.21. The summed E-state index contributed by atoms with van der Waals surface area (Å²) in [6.45, 7) is 0.930. The lowest BCUT2D eigenvalue weighted by Gasteiger charge is -2.61. The van der Waals surface area contributed by atoms with Crippen LogP contribution in [0.4, 0.5) is 0 Å². The molecule has 5 heteroatoms. The molecular weight excluding hydrogens is 341 g/mol. The van der Waals surface area contributed by atoms with Crippen LogP contribution < -0.4 is 11.1 Å². The molecule has 4 nitrogen and oxygen atoms in total. The topological polar surface area (TPSA) is 59.6 Å². The van der Waals surface area contributed by atoms with E-state index in [0.29, 0.717) is 35.5 Å². The molecule has 1 aliphatic heterocycles. The Kier molecular flexibility index (Phi) is 3.25. The molecule has 1 saturated heterocycles. The van der Waals surface area contributed by atoms with Crippen molar-refractivity contribution < 1.29 is 4.74 Å². The Hall–Kier alpha value is -0.0400. The minimum Gasteiger partial charge on any atom is -0.377 e. The lowest BCUT2D eigenvalue weighted by Crippen LogP contribution is -2.66. The summed E-state index contributed by atoms with van der Waals surface area (Å²) in [6.07, 6.45) is 8.10. The van der Waals surface area contributed by atoms with Crippen molar-refractivity contribution in [2.24, 2.45) is 22.1 Å². The van der Waals surface area contributed by atoms with Crippen LogP contribution in [0.15, 0.2) is 4.99 Å². The van der Waals surface area contributed by atoms with Gasteiger partial charge in [-0.2, -0.15) is 0 Å². The first kappa shape index (κ1) is 13.0. The molecule has 4 rings (SSSR count). The van der Waals surface area contributed by atoms with E-state index in [9.17, 15) is 0 Å². The van der Waals surface area contributed by atoms with Gasteiger partial charge in [-0.3, -0.25) is 0 Å². The number of hydrogen-bond acceptors (Lipinski definition) is 2. The van der Waals surface area contributed by atoms with Gasteiger partial charge in [0.15, 0.2) is 5.96 Å². The molecule has 3 atom stereocenters. The Morgan fingerprint density at radius 2 is 2.06 bits per heavy atom. The van der Waals surface area contributed by atoms with Gasteiger partial charge in [0.2, 0.25) is 0 Å². The van der Waals surface area contributed by atoms with Crippen molar-refractivity contribution in [3.8, 4) is 0 Å². The quantitative estimate of drug-likeness (QED) is 0.446. The van der Waals surface area contributed by atoms with Gasteiger partial charge in [0, 0.05) is 24.0 Å². The summed E-state index contributed by atoms with van der Waals surface area (Å²) in [4.78, 5) is 4.78. The van der Waals surface area contributed by atoms with Gasteiger partial charge in [0.1, 0.15) is 0 Å². The lowest BCUT2D eigenvalue weighted by atomic mass is 9.46. The van der Waals surface area contributed by atoms with Crippen LogP contribution >= 0.6 is 24.0 Å². The van der Waals surface area contributed by atoms with Crippen LogP contribution in [-0.4, -0.2) is 30.8 Å². The summed E-state index contributed by atoms with van der Waals surface area (Å²) in [6, 6.07) is 1.04. The molecule has 0 aromatic heterocycles. The molecule has 0 aromatic rings. The fourth-order valence-corrected chi connectivity index (χ4v) is 4.01. The first-order valence-corrected chi connectivity index (χ1v) is 7.01. The summed E-state index contributed by atoms with van der Waals surface area (Å²) in [5.41, 5.74) is 6.38. The van der Waals surface area contributed by atoms with Crippen LogP contribution in [0, 0.1) is 11.3 Å². The van der Waals surface area contributed by atoms with Gasteiger partial charge in [-0.15, -0.1) is 24.0 Å². The third-order valence-corrected chi connectivity index (χ3v) is 5.19. The van der Waals surface area contributed by atoms with Gasteiger partial charge >= 0.3 is 0 Å². The van der Waals surface area contributed by atoms with Gasteiger partial charge in [-0.05, 0) is 32.1 Å². The molecule has 0 radical (unpaired) electrons. The van der Waals surface area contributed by atoms with Crippen LogP contribution in [0.25, 0.3) is 0 Å². The fraction of sp³-hybridized carbons (Fsp3) is 0.923. The highest BCUT2D eigenvalue weighted by molar-refractivity contribution is 14.0. The lowest BCUT2D eigenvalue weighted by molar-refractivity contribution is -0.164. The normalized spacial score (nSPS) is 40.4. The summed E-state index contributed by atoms with van der Waals surface area (Å²) in [5, 5.41) is 3.31. The highest BCUT2D eigenvalue weighted by Crippen LogP contribution is 2.64. The number of nitrogens with zero attached hydrogens (tertiary/aromatic N) is 1. The Balaban J connectivity index is 0.000001000. The number of guanidine groups is 1. The summed E-state index contributed by atoms with van der Waals surface area (Å²) >= 11 is 0. The standard InChI is InChI=1S/C13H21N3O.HI/c14-12(15-8-2-3-8)16-10-9-4-7-17-11(9)13(10)5-1-6-13;/h8-11H,1-7H2,(H3,14,15,16);1H. The molecule has 3 unspecified atom stereocenters. The van der Waals surface area contributed by atoms with Gasteiger partial charge in [0.05, 0.1) is 12.1 Å². The number of fused-ring (bicyclic) bond motifs is 2. The number of ether oxygens (including phenoxy) is 1.